The summed E-state index contributed by atoms with van der Waals surface area (Å²) in [5.41, 5.74) is 0.243. The molecule has 0 aromatic carbocycles. The third-order valence-electron chi connectivity index (χ3n) is 5.58. The Bertz CT molecular complexity index is 1530. The highest BCUT2D eigenvalue weighted by Crippen LogP contribution is 2.41. The van der Waals surface area contributed by atoms with Crippen LogP contribution < -0.4 is 11.0 Å². The molecule has 1 unspecified atom stereocenters. The normalized spacial score (nSPS) is 19.6. The number of furan rings is 1. The van der Waals surface area contributed by atoms with Gasteiger partial charge in [-0.1, -0.05) is 5.16 Å². The van der Waals surface area contributed by atoms with Crippen LogP contribution in [0, 0.1) is 0 Å². The number of oxime groups is 1. The highest BCUT2D eigenvalue weighted by Gasteiger charge is 2.54. The van der Waals surface area contributed by atoms with Crippen molar-refractivity contribution in [3.63, 3.8) is 0 Å². The van der Waals surface area contributed by atoms with Crippen LogP contribution in [-0.4, -0.2) is 82.9 Å². The summed E-state index contributed by atoms with van der Waals surface area (Å²) in [7, 11) is 2.79. The summed E-state index contributed by atoms with van der Waals surface area (Å²) in [6.45, 7) is 0. The molecule has 2 aliphatic heterocycles. The van der Waals surface area contributed by atoms with Gasteiger partial charge in [0.2, 0.25) is 5.71 Å². The smallest absolute Gasteiger partial charge is 0.366 e. The topological polar surface area (TPSA) is 174 Å². The minimum Gasteiger partial charge on any atom is -0.477 e. The lowest BCUT2D eigenvalue weighted by Crippen LogP contribution is -2.71. The quantitative estimate of drug-likeness (QED) is 0.167. The van der Waals surface area contributed by atoms with Gasteiger partial charge in [0.05, 0.1) is 6.26 Å². The molecule has 0 aliphatic carbocycles. The van der Waals surface area contributed by atoms with Crippen LogP contribution in [-0.2, 0) is 26.3 Å². The molecule has 0 bridgehead atoms. The standard InChI is InChI=1S/C21H19N7O7S2/c1-26-21(33)28-12(23-26)5-6-13(24-28)36-8-10-9-37-19-15(18(30)27(19)16(10)20(31)32)22-17(29)14(25-34-2)11-4-3-7-35-11/h3-7,15,19H,8-9H2,1-2H3,(H,22,29)(H,31,32)/t15?,19-/m0/s1. The number of rotatable bonds is 8. The zero-order valence-corrected chi connectivity index (χ0v) is 21.0. The molecule has 2 amide bonds. The number of thioether (sulfide) groups is 2. The van der Waals surface area contributed by atoms with Crippen molar-refractivity contribution in [1.82, 2.24) is 29.6 Å². The van der Waals surface area contributed by atoms with Crippen molar-refractivity contribution in [2.75, 3.05) is 18.6 Å². The maximum Gasteiger partial charge on any atom is 0.366 e. The Balaban J connectivity index is 1.32. The van der Waals surface area contributed by atoms with Crippen molar-refractivity contribution in [2.45, 2.75) is 16.4 Å². The number of aryl methyl sites for hydroxylation is 1. The van der Waals surface area contributed by atoms with E-state index in [9.17, 15) is 24.3 Å². The van der Waals surface area contributed by atoms with Gasteiger partial charge in [0.25, 0.3) is 11.8 Å². The predicted molar refractivity (Wildman–Crippen MR) is 131 cm³/mol. The summed E-state index contributed by atoms with van der Waals surface area (Å²) in [6, 6.07) is 5.48. The third kappa shape index (κ3) is 4.37. The number of carbonyl (C=O) groups excluding carboxylic acids is 2. The van der Waals surface area contributed by atoms with Gasteiger partial charge in [0.1, 0.15) is 29.2 Å². The number of nitrogens with one attached hydrogen (secondary N) is 1. The predicted octanol–water partition coefficient (Wildman–Crippen LogP) is -0.0976. The SMILES string of the molecule is CON=C(C(=O)NC1C(=O)N2C(C(=O)O)=C(CSc3ccc4nn(C)c(=O)n4n3)CS[C@@H]12)c1ccco1. The van der Waals surface area contributed by atoms with E-state index in [2.05, 4.69) is 20.7 Å². The Hall–Kier alpha value is -4.05. The lowest BCUT2D eigenvalue weighted by atomic mass is 10.0. The first-order valence-corrected chi connectivity index (χ1v) is 12.8. The van der Waals surface area contributed by atoms with E-state index in [1.807, 2.05) is 0 Å². The fourth-order valence-corrected chi connectivity index (χ4v) is 6.23. The zero-order valence-electron chi connectivity index (χ0n) is 19.4. The number of amides is 2. The summed E-state index contributed by atoms with van der Waals surface area (Å²) in [5, 5.41) is 24.4. The third-order valence-corrected chi connectivity index (χ3v) is 7.93. The Labute approximate surface area is 216 Å². The van der Waals surface area contributed by atoms with Crippen molar-refractivity contribution in [3.05, 3.63) is 58.0 Å². The van der Waals surface area contributed by atoms with Crippen molar-refractivity contribution in [1.29, 1.82) is 0 Å². The zero-order chi connectivity index (χ0) is 26.3. The number of nitrogens with zero attached hydrogens (tertiary/aromatic N) is 6. The summed E-state index contributed by atoms with van der Waals surface area (Å²) in [6.07, 6.45) is 1.37. The van der Waals surface area contributed by atoms with Crippen LogP contribution in [0.25, 0.3) is 5.65 Å². The monoisotopic (exact) mass is 545 g/mol. The maximum absolute atomic E-state index is 13.0. The van der Waals surface area contributed by atoms with Crippen LogP contribution in [0.2, 0.25) is 0 Å². The molecule has 1 saturated heterocycles. The number of β-lactam (4-membered cyclic amide) rings is 1. The van der Waals surface area contributed by atoms with Crippen molar-refractivity contribution >= 4 is 52.7 Å². The first-order valence-electron chi connectivity index (χ1n) is 10.7. The molecule has 14 nitrogen and oxygen atoms in total. The molecule has 0 saturated carbocycles. The highest BCUT2D eigenvalue weighted by molar-refractivity contribution is 8.01. The van der Waals surface area contributed by atoms with Gasteiger partial charge in [-0.25, -0.2) is 14.3 Å². The minimum absolute atomic E-state index is 0.122. The molecule has 5 heterocycles. The summed E-state index contributed by atoms with van der Waals surface area (Å²) < 4.78 is 7.54. The molecule has 2 N–H and O–H groups in total. The summed E-state index contributed by atoms with van der Waals surface area (Å²) in [4.78, 5) is 55.9. The van der Waals surface area contributed by atoms with Crippen molar-refractivity contribution in [2.24, 2.45) is 12.2 Å². The molecule has 2 atom stereocenters. The van der Waals surface area contributed by atoms with Crippen LogP contribution in [0.15, 0.2) is 61.2 Å². The van der Waals surface area contributed by atoms with E-state index in [0.717, 1.165) is 4.52 Å². The molecule has 192 valence electrons. The average molecular weight is 546 g/mol. The molecule has 0 radical (unpaired) electrons. The number of carboxylic acid groups (broad SMARTS) is 1. The van der Waals surface area contributed by atoms with E-state index in [-0.39, 0.29) is 22.9 Å². The second-order valence-corrected chi connectivity index (χ2v) is 9.96. The fraction of sp³-hybridized carbons (Fsp3) is 0.286. The van der Waals surface area contributed by atoms with Crippen molar-refractivity contribution < 1.29 is 28.7 Å². The molecule has 5 rings (SSSR count). The molecular formula is C21H19N7O7S2. The molecule has 16 heteroatoms. The molecule has 0 spiro atoms. The number of hydrogen-bond donors (Lipinski definition) is 2. The number of hydrogen-bond acceptors (Lipinski definition) is 11. The molecular weight excluding hydrogens is 526 g/mol. The lowest BCUT2D eigenvalue weighted by Gasteiger charge is -2.49. The van der Waals surface area contributed by atoms with Crippen LogP contribution in [0.5, 0.6) is 0 Å². The lowest BCUT2D eigenvalue weighted by molar-refractivity contribution is -0.150. The molecule has 37 heavy (non-hydrogen) atoms. The Kier molecular flexibility index (Phi) is 6.51. The van der Waals surface area contributed by atoms with Gasteiger partial charge >= 0.3 is 11.7 Å². The first kappa shape index (κ1) is 24.6. The summed E-state index contributed by atoms with van der Waals surface area (Å²) >= 11 is 2.57. The van der Waals surface area contributed by atoms with E-state index in [4.69, 9.17) is 9.25 Å². The van der Waals surface area contributed by atoms with E-state index >= 15 is 0 Å². The average Bonchev–Trinajstić information content (AvgIpc) is 3.51. The Morgan fingerprint density at radius 3 is 2.84 bits per heavy atom. The molecule has 2 aliphatic rings. The maximum atomic E-state index is 13.0. The summed E-state index contributed by atoms with van der Waals surface area (Å²) in [5.74, 6) is -1.78. The van der Waals surface area contributed by atoms with Gasteiger partial charge in [0.15, 0.2) is 11.4 Å². The second-order valence-electron chi connectivity index (χ2n) is 7.85. The van der Waals surface area contributed by atoms with E-state index in [1.165, 1.54) is 59.6 Å². The Morgan fingerprint density at radius 2 is 2.14 bits per heavy atom. The Morgan fingerprint density at radius 1 is 1.32 bits per heavy atom. The van der Waals surface area contributed by atoms with Gasteiger partial charge in [-0.05, 0) is 29.8 Å². The number of aromatic nitrogens is 4. The van der Waals surface area contributed by atoms with Crippen LogP contribution in [0.3, 0.4) is 0 Å². The minimum atomic E-state index is -1.25. The largest absolute Gasteiger partial charge is 0.477 e. The number of carbonyl (C=O) groups is 3. The van der Waals surface area contributed by atoms with Crippen molar-refractivity contribution in [3.8, 4) is 0 Å². The van der Waals surface area contributed by atoms with Gasteiger partial charge in [-0.2, -0.15) is 9.61 Å². The van der Waals surface area contributed by atoms with Crippen LogP contribution in [0.4, 0.5) is 0 Å². The highest BCUT2D eigenvalue weighted by atomic mass is 32.2. The van der Waals surface area contributed by atoms with Gasteiger partial charge < -0.3 is 19.7 Å². The fourth-order valence-electron chi connectivity index (χ4n) is 3.89. The second kappa shape index (κ2) is 9.78. The number of fused-ring (bicyclic) bond motifs is 2. The van der Waals surface area contributed by atoms with Gasteiger partial charge in [0, 0.05) is 18.6 Å². The number of aliphatic carboxylic acids is 1. The first-order chi connectivity index (χ1) is 17.8. The number of carboxylic acids is 1. The molecule has 3 aromatic rings. The molecule has 1 fully saturated rings. The van der Waals surface area contributed by atoms with Gasteiger partial charge in [-0.3, -0.25) is 14.5 Å². The van der Waals surface area contributed by atoms with E-state index in [1.54, 1.807) is 18.2 Å². The van der Waals surface area contributed by atoms with Crippen LogP contribution in [0.1, 0.15) is 5.76 Å². The molecule has 3 aromatic heterocycles. The van der Waals surface area contributed by atoms with E-state index < -0.39 is 34.9 Å². The van der Waals surface area contributed by atoms with Gasteiger partial charge in [-0.15, -0.1) is 28.6 Å². The van der Waals surface area contributed by atoms with E-state index in [0.29, 0.717) is 22.0 Å². The van der Waals surface area contributed by atoms with Crippen LogP contribution >= 0.6 is 23.5 Å².